The van der Waals surface area contributed by atoms with Gasteiger partial charge in [-0.15, -0.1) is 11.3 Å². The van der Waals surface area contributed by atoms with Crippen molar-refractivity contribution in [2.24, 2.45) is 5.92 Å². The van der Waals surface area contributed by atoms with Gasteiger partial charge in [-0.25, -0.2) is 13.4 Å². The quantitative estimate of drug-likeness (QED) is 0.847. The zero-order chi connectivity index (χ0) is 18.7. The van der Waals surface area contributed by atoms with E-state index >= 15 is 0 Å². The minimum atomic E-state index is -3.42. The maximum absolute atomic E-state index is 12.6. The van der Waals surface area contributed by atoms with Crippen molar-refractivity contribution in [3.63, 3.8) is 0 Å². The number of hydrogen-bond acceptors (Lipinski definition) is 5. The largest absolute Gasteiger partial charge is 0.351 e. The molecule has 0 aliphatic carbocycles. The molecule has 0 bridgehead atoms. The van der Waals surface area contributed by atoms with E-state index in [1.165, 1.54) is 15.6 Å². The first kappa shape index (κ1) is 19.0. The molecule has 8 heteroatoms. The second-order valence-electron chi connectivity index (χ2n) is 6.52. The molecule has 0 unspecified atom stereocenters. The lowest BCUT2D eigenvalue weighted by atomic mass is 9.98. The normalized spacial score (nSPS) is 16.5. The van der Waals surface area contributed by atoms with Gasteiger partial charge in [0.2, 0.25) is 10.0 Å². The van der Waals surface area contributed by atoms with Crippen molar-refractivity contribution >= 4 is 27.3 Å². The third-order valence-corrected chi connectivity index (χ3v) is 7.60. The Hall–Kier alpha value is -1.77. The Kier molecular flexibility index (Phi) is 5.74. The summed E-state index contributed by atoms with van der Waals surface area (Å²) in [7, 11) is -3.42. The van der Waals surface area contributed by atoms with E-state index in [1.54, 1.807) is 30.3 Å². The number of amides is 1. The van der Waals surface area contributed by atoms with Gasteiger partial charge in [0.1, 0.15) is 4.88 Å². The van der Waals surface area contributed by atoms with Gasteiger partial charge >= 0.3 is 0 Å². The topological polar surface area (TPSA) is 79.4 Å². The summed E-state index contributed by atoms with van der Waals surface area (Å²) in [6.45, 7) is 5.25. The summed E-state index contributed by atoms with van der Waals surface area (Å²) >= 11 is 1.40. The predicted molar refractivity (Wildman–Crippen MR) is 102 cm³/mol. The van der Waals surface area contributed by atoms with Crippen LogP contribution in [0, 0.1) is 19.8 Å². The molecule has 6 nitrogen and oxygen atoms in total. The summed E-state index contributed by atoms with van der Waals surface area (Å²) in [6, 6.07) is 8.53. The molecular formula is C18H23N3O3S2. The molecule has 2 aromatic rings. The van der Waals surface area contributed by atoms with Gasteiger partial charge in [0, 0.05) is 19.6 Å². The molecule has 26 heavy (non-hydrogen) atoms. The van der Waals surface area contributed by atoms with Crippen molar-refractivity contribution in [3.05, 3.63) is 45.9 Å². The lowest BCUT2D eigenvalue weighted by molar-refractivity contribution is 0.0944. The van der Waals surface area contributed by atoms with Crippen molar-refractivity contribution in [1.82, 2.24) is 14.6 Å². The number of aryl methyl sites for hydroxylation is 2. The van der Waals surface area contributed by atoms with E-state index < -0.39 is 10.0 Å². The van der Waals surface area contributed by atoms with Crippen LogP contribution in [-0.2, 0) is 10.0 Å². The predicted octanol–water partition coefficient (Wildman–Crippen LogP) is 2.59. The molecule has 0 spiro atoms. The minimum absolute atomic E-state index is 0.0903. The number of nitrogens with zero attached hydrogens (tertiary/aromatic N) is 2. The van der Waals surface area contributed by atoms with Crippen LogP contribution in [0.2, 0.25) is 0 Å². The molecule has 1 aliphatic rings. The number of sulfonamides is 1. The SMILES string of the molecule is Cc1nc(C)c(C(=O)NCC2CCN(S(=O)(=O)c3ccccc3)CC2)s1. The monoisotopic (exact) mass is 393 g/mol. The van der Waals surface area contributed by atoms with Crippen LogP contribution in [-0.4, -0.2) is 43.2 Å². The van der Waals surface area contributed by atoms with E-state index in [0.717, 1.165) is 23.5 Å². The zero-order valence-electron chi connectivity index (χ0n) is 14.9. The van der Waals surface area contributed by atoms with E-state index in [0.29, 0.717) is 29.4 Å². The maximum atomic E-state index is 12.6. The molecule has 3 rings (SSSR count). The van der Waals surface area contributed by atoms with Gasteiger partial charge in [0.15, 0.2) is 0 Å². The molecule has 1 fully saturated rings. The summed E-state index contributed by atoms with van der Waals surface area (Å²) < 4.78 is 26.8. The van der Waals surface area contributed by atoms with Crippen LogP contribution in [0.25, 0.3) is 0 Å². The number of benzene rings is 1. The maximum Gasteiger partial charge on any atom is 0.263 e. The number of hydrogen-bond donors (Lipinski definition) is 1. The fourth-order valence-electron chi connectivity index (χ4n) is 3.15. The lowest BCUT2D eigenvalue weighted by Crippen LogP contribution is -2.41. The average Bonchev–Trinajstić information content (AvgIpc) is 2.99. The van der Waals surface area contributed by atoms with Crippen molar-refractivity contribution in [2.75, 3.05) is 19.6 Å². The number of carbonyl (C=O) groups is 1. The standard InChI is InChI=1S/C18H23N3O3S2/c1-13-17(25-14(2)20-13)18(22)19-12-15-8-10-21(11-9-15)26(23,24)16-6-4-3-5-7-16/h3-7,15H,8-12H2,1-2H3,(H,19,22). The molecule has 2 heterocycles. The number of carbonyl (C=O) groups excluding carboxylic acids is 1. The first-order valence-electron chi connectivity index (χ1n) is 8.65. The van der Waals surface area contributed by atoms with Crippen LogP contribution in [0.15, 0.2) is 35.2 Å². The lowest BCUT2D eigenvalue weighted by Gasteiger charge is -2.31. The van der Waals surface area contributed by atoms with Crippen LogP contribution in [0.1, 0.15) is 33.2 Å². The van der Waals surface area contributed by atoms with Crippen molar-refractivity contribution < 1.29 is 13.2 Å². The molecule has 1 aromatic heterocycles. The van der Waals surface area contributed by atoms with Crippen LogP contribution in [0.4, 0.5) is 0 Å². The van der Waals surface area contributed by atoms with Gasteiger partial charge in [0.05, 0.1) is 15.6 Å². The Labute approximate surface area is 158 Å². The van der Waals surface area contributed by atoms with Gasteiger partial charge in [0.25, 0.3) is 5.91 Å². The Morgan fingerprint density at radius 3 is 2.46 bits per heavy atom. The van der Waals surface area contributed by atoms with Gasteiger partial charge in [-0.05, 0) is 44.7 Å². The molecule has 1 saturated heterocycles. The molecule has 0 radical (unpaired) electrons. The van der Waals surface area contributed by atoms with Crippen molar-refractivity contribution in [1.29, 1.82) is 0 Å². The molecular weight excluding hydrogens is 370 g/mol. The smallest absolute Gasteiger partial charge is 0.263 e. The van der Waals surface area contributed by atoms with E-state index in [2.05, 4.69) is 10.3 Å². The van der Waals surface area contributed by atoms with Crippen molar-refractivity contribution in [3.8, 4) is 0 Å². The average molecular weight is 394 g/mol. The summed E-state index contributed by atoms with van der Waals surface area (Å²) in [6.07, 6.45) is 1.49. The minimum Gasteiger partial charge on any atom is -0.351 e. The van der Waals surface area contributed by atoms with E-state index in [9.17, 15) is 13.2 Å². The molecule has 1 aromatic carbocycles. The summed E-state index contributed by atoms with van der Waals surface area (Å²) in [5.74, 6) is 0.197. The Morgan fingerprint density at radius 1 is 1.23 bits per heavy atom. The highest BCUT2D eigenvalue weighted by Gasteiger charge is 2.29. The van der Waals surface area contributed by atoms with E-state index in [1.807, 2.05) is 13.8 Å². The van der Waals surface area contributed by atoms with Gasteiger partial charge < -0.3 is 5.32 Å². The van der Waals surface area contributed by atoms with Gasteiger partial charge in [-0.2, -0.15) is 4.31 Å². The third-order valence-electron chi connectivity index (χ3n) is 4.62. The molecule has 140 valence electrons. The highest BCUT2D eigenvalue weighted by Crippen LogP contribution is 2.24. The van der Waals surface area contributed by atoms with Crippen LogP contribution in [0.5, 0.6) is 0 Å². The first-order chi connectivity index (χ1) is 12.4. The van der Waals surface area contributed by atoms with Gasteiger partial charge in [-0.3, -0.25) is 4.79 Å². The summed E-state index contributed by atoms with van der Waals surface area (Å²) in [5, 5.41) is 3.85. The van der Waals surface area contributed by atoms with E-state index in [4.69, 9.17) is 0 Å². The Morgan fingerprint density at radius 2 is 1.88 bits per heavy atom. The highest BCUT2D eigenvalue weighted by molar-refractivity contribution is 7.89. The Balaban J connectivity index is 1.53. The first-order valence-corrected chi connectivity index (χ1v) is 10.9. The number of thiazole rings is 1. The second kappa shape index (κ2) is 7.85. The third kappa shape index (κ3) is 4.13. The number of aromatic nitrogens is 1. The fraction of sp³-hybridized carbons (Fsp3) is 0.444. The fourth-order valence-corrected chi connectivity index (χ4v) is 5.48. The van der Waals surface area contributed by atoms with Crippen LogP contribution < -0.4 is 5.32 Å². The highest BCUT2D eigenvalue weighted by atomic mass is 32.2. The molecule has 1 amide bonds. The zero-order valence-corrected chi connectivity index (χ0v) is 16.6. The molecule has 0 saturated carbocycles. The van der Waals surface area contributed by atoms with E-state index in [-0.39, 0.29) is 11.8 Å². The number of piperidine rings is 1. The summed E-state index contributed by atoms with van der Waals surface area (Å²) in [5.41, 5.74) is 0.758. The molecule has 1 aliphatic heterocycles. The Bertz CT molecular complexity index is 870. The molecule has 1 N–H and O–H groups in total. The number of rotatable bonds is 5. The van der Waals surface area contributed by atoms with Crippen LogP contribution in [0.3, 0.4) is 0 Å². The van der Waals surface area contributed by atoms with Crippen LogP contribution >= 0.6 is 11.3 Å². The van der Waals surface area contributed by atoms with Gasteiger partial charge in [-0.1, -0.05) is 18.2 Å². The van der Waals surface area contributed by atoms with Crippen molar-refractivity contribution in [2.45, 2.75) is 31.6 Å². The summed E-state index contributed by atoms with van der Waals surface area (Å²) in [4.78, 5) is 17.6. The second-order valence-corrected chi connectivity index (χ2v) is 9.66. The molecule has 0 atom stereocenters. The number of nitrogens with one attached hydrogen (secondary N) is 1.